The van der Waals surface area contributed by atoms with E-state index in [2.05, 4.69) is 10.6 Å². The molecule has 0 bridgehead atoms. The van der Waals surface area contributed by atoms with Crippen molar-refractivity contribution < 1.29 is 14.7 Å². The zero-order chi connectivity index (χ0) is 16.0. The second kappa shape index (κ2) is 7.22. The number of hydrogen-bond acceptors (Lipinski definition) is 3. The lowest BCUT2D eigenvalue weighted by atomic mass is 9.85. The van der Waals surface area contributed by atoms with E-state index in [1.165, 1.54) is 0 Å². The Hall–Kier alpha value is -1.88. The molecule has 1 unspecified atom stereocenters. The molecule has 3 N–H and O–H groups in total. The van der Waals surface area contributed by atoms with E-state index >= 15 is 0 Å². The highest BCUT2D eigenvalue weighted by Gasteiger charge is 2.29. The maximum atomic E-state index is 12.0. The van der Waals surface area contributed by atoms with Crippen molar-refractivity contribution in [1.82, 2.24) is 5.32 Å². The van der Waals surface area contributed by atoms with Crippen molar-refractivity contribution in [3.05, 3.63) is 29.8 Å². The number of carbonyl (C=O) groups is 2. The van der Waals surface area contributed by atoms with Crippen LogP contribution in [0.3, 0.4) is 0 Å². The molecule has 1 rings (SSSR count). The van der Waals surface area contributed by atoms with Crippen molar-refractivity contribution in [3.63, 3.8) is 0 Å². The van der Waals surface area contributed by atoms with Gasteiger partial charge in [-0.1, -0.05) is 26.0 Å². The van der Waals surface area contributed by atoms with Gasteiger partial charge in [0.15, 0.2) is 0 Å². The van der Waals surface area contributed by atoms with E-state index in [1.54, 1.807) is 38.1 Å². The second-order valence-corrected chi connectivity index (χ2v) is 5.71. The third kappa shape index (κ3) is 4.56. The lowest BCUT2D eigenvalue weighted by molar-refractivity contribution is -0.142. The fourth-order valence-electron chi connectivity index (χ4n) is 1.81. The van der Waals surface area contributed by atoms with Crippen molar-refractivity contribution in [2.75, 3.05) is 18.4 Å². The molecule has 1 aromatic rings. The number of amides is 1. The molecule has 0 aliphatic rings. The van der Waals surface area contributed by atoms with Crippen molar-refractivity contribution >= 4 is 17.6 Å². The third-order valence-corrected chi connectivity index (χ3v) is 3.56. The summed E-state index contributed by atoms with van der Waals surface area (Å²) in [5.41, 5.74) is 0.433. The van der Waals surface area contributed by atoms with Crippen LogP contribution >= 0.6 is 0 Å². The van der Waals surface area contributed by atoms with E-state index in [1.807, 2.05) is 13.8 Å². The number of nitrogens with one attached hydrogen (secondary N) is 2. The van der Waals surface area contributed by atoms with E-state index in [4.69, 9.17) is 0 Å². The predicted octanol–water partition coefficient (Wildman–Crippen LogP) is 2.23. The number of carboxylic acids is 1. The monoisotopic (exact) mass is 292 g/mol. The normalized spacial score (nSPS) is 12.8. The van der Waals surface area contributed by atoms with E-state index in [0.29, 0.717) is 17.8 Å². The van der Waals surface area contributed by atoms with Crippen LogP contribution in [-0.2, 0) is 15.0 Å². The van der Waals surface area contributed by atoms with Crippen molar-refractivity contribution in [2.24, 2.45) is 5.92 Å². The molecule has 0 saturated carbocycles. The van der Waals surface area contributed by atoms with Gasteiger partial charge in [-0.25, -0.2) is 0 Å². The number of aliphatic carboxylic acids is 1. The van der Waals surface area contributed by atoms with Gasteiger partial charge in [-0.15, -0.1) is 0 Å². The summed E-state index contributed by atoms with van der Waals surface area (Å²) in [5.74, 6) is -1.06. The summed E-state index contributed by atoms with van der Waals surface area (Å²) in [5, 5.41) is 15.2. The third-order valence-electron chi connectivity index (χ3n) is 3.56. The molecular formula is C16H24N2O3. The summed E-state index contributed by atoms with van der Waals surface area (Å²) in [4.78, 5) is 23.2. The van der Waals surface area contributed by atoms with Gasteiger partial charge in [-0.3, -0.25) is 9.59 Å². The quantitative estimate of drug-likeness (QED) is 0.720. The SMILES string of the molecule is CCNCC(C)C(=O)Nc1ccc(C(C)(C)C(=O)O)cc1. The number of anilines is 1. The van der Waals surface area contributed by atoms with Gasteiger partial charge >= 0.3 is 5.97 Å². The topological polar surface area (TPSA) is 78.4 Å². The Morgan fingerprint density at radius 3 is 2.29 bits per heavy atom. The Bertz CT molecular complexity index is 495. The van der Waals surface area contributed by atoms with Crippen LogP contribution in [0, 0.1) is 5.92 Å². The fourth-order valence-corrected chi connectivity index (χ4v) is 1.81. The number of hydrogen-bond donors (Lipinski definition) is 3. The van der Waals surface area contributed by atoms with E-state index < -0.39 is 11.4 Å². The first-order valence-corrected chi connectivity index (χ1v) is 7.14. The number of carboxylic acid groups (broad SMARTS) is 1. The van der Waals surface area contributed by atoms with Crippen LogP contribution in [0.4, 0.5) is 5.69 Å². The molecule has 0 fully saturated rings. The largest absolute Gasteiger partial charge is 0.481 e. The number of benzene rings is 1. The maximum Gasteiger partial charge on any atom is 0.313 e. The van der Waals surface area contributed by atoms with Crippen molar-refractivity contribution in [2.45, 2.75) is 33.1 Å². The molecule has 0 heterocycles. The average Bonchev–Trinajstić information content (AvgIpc) is 2.45. The first-order valence-electron chi connectivity index (χ1n) is 7.14. The van der Waals surface area contributed by atoms with Gasteiger partial charge < -0.3 is 15.7 Å². The van der Waals surface area contributed by atoms with E-state index in [9.17, 15) is 14.7 Å². The first kappa shape index (κ1) is 17.2. The molecule has 5 heteroatoms. The molecule has 116 valence electrons. The van der Waals surface area contributed by atoms with Gasteiger partial charge in [0.25, 0.3) is 0 Å². The van der Waals surface area contributed by atoms with Gasteiger partial charge in [-0.2, -0.15) is 0 Å². The van der Waals surface area contributed by atoms with E-state index in [0.717, 1.165) is 6.54 Å². The van der Waals surface area contributed by atoms with Gasteiger partial charge in [0.2, 0.25) is 5.91 Å². The molecule has 21 heavy (non-hydrogen) atoms. The molecule has 1 amide bonds. The Morgan fingerprint density at radius 2 is 1.81 bits per heavy atom. The van der Waals surface area contributed by atoms with Gasteiger partial charge in [0.1, 0.15) is 0 Å². The number of carbonyl (C=O) groups excluding carboxylic acids is 1. The molecular weight excluding hydrogens is 268 g/mol. The molecule has 1 atom stereocenters. The van der Waals surface area contributed by atoms with E-state index in [-0.39, 0.29) is 11.8 Å². The van der Waals surface area contributed by atoms with Crippen molar-refractivity contribution in [3.8, 4) is 0 Å². The lowest BCUT2D eigenvalue weighted by Gasteiger charge is -2.20. The molecule has 5 nitrogen and oxygen atoms in total. The molecule has 0 aromatic heterocycles. The Labute approximate surface area is 125 Å². The van der Waals surface area contributed by atoms with Crippen LogP contribution in [0.2, 0.25) is 0 Å². The molecule has 1 aromatic carbocycles. The van der Waals surface area contributed by atoms with Gasteiger partial charge in [-0.05, 0) is 38.1 Å². The lowest BCUT2D eigenvalue weighted by Crippen LogP contribution is -2.30. The molecule has 0 aliphatic heterocycles. The molecule has 0 spiro atoms. The van der Waals surface area contributed by atoms with Crippen LogP contribution in [0.1, 0.15) is 33.3 Å². The minimum absolute atomic E-state index is 0.0544. The summed E-state index contributed by atoms with van der Waals surface area (Å²) in [6.07, 6.45) is 0. The van der Waals surface area contributed by atoms with Gasteiger partial charge in [0, 0.05) is 18.2 Å². The Kier molecular flexibility index (Phi) is 5.90. The van der Waals surface area contributed by atoms with Gasteiger partial charge in [0.05, 0.1) is 5.41 Å². The maximum absolute atomic E-state index is 12.0. The Balaban J connectivity index is 2.71. The zero-order valence-corrected chi connectivity index (χ0v) is 13.1. The smallest absolute Gasteiger partial charge is 0.313 e. The summed E-state index contributed by atoms with van der Waals surface area (Å²) in [7, 11) is 0. The highest BCUT2D eigenvalue weighted by molar-refractivity contribution is 5.92. The summed E-state index contributed by atoms with van der Waals surface area (Å²) < 4.78 is 0. The minimum atomic E-state index is -0.944. The average molecular weight is 292 g/mol. The molecule has 0 aliphatic carbocycles. The van der Waals surface area contributed by atoms with Crippen LogP contribution in [0.5, 0.6) is 0 Å². The molecule has 0 radical (unpaired) electrons. The van der Waals surface area contributed by atoms with Crippen LogP contribution in [-0.4, -0.2) is 30.1 Å². The summed E-state index contributed by atoms with van der Waals surface area (Å²) >= 11 is 0. The zero-order valence-electron chi connectivity index (χ0n) is 13.1. The minimum Gasteiger partial charge on any atom is -0.481 e. The fraction of sp³-hybridized carbons (Fsp3) is 0.500. The number of rotatable bonds is 7. The summed E-state index contributed by atoms with van der Waals surface area (Å²) in [6.45, 7) is 8.62. The van der Waals surface area contributed by atoms with Crippen molar-refractivity contribution in [1.29, 1.82) is 0 Å². The van der Waals surface area contributed by atoms with Crippen LogP contribution in [0.15, 0.2) is 24.3 Å². The predicted molar refractivity (Wildman–Crippen MR) is 83.4 cm³/mol. The Morgan fingerprint density at radius 1 is 1.24 bits per heavy atom. The van der Waals surface area contributed by atoms with Crippen LogP contribution < -0.4 is 10.6 Å². The summed E-state index contributed by atoms with van der Waals surface area (Å²) in [6, 6.07) is 6.94. The first-order chi connectivity index (χ1) is 9.78. The highest BCUT2D eigenvalue weighted by atomic mass is 16.4. The van der Waals surface area contributed by atoms with Crippen LogP contribution in [0.25, 0.3) is 0 Å². The molecule has 0 saturated heterocycles. The standard InChI is InChI=1S/C16H24N2O3/c1-5-17-10-11(2)14(19)18-13-8-6-12(7-9-13)16(3,4)15(20)21/h6-9,11,17H,5,10H2,1-4H3,(H,18,19)(H,20,21). The highest BCUT2D eigenvalue weighted by Crippen LogP contribution is 2.24. The second-order valence-electron chi connectivity index (χ2n) is 5.71.